The maximum atomic E-state index is 11.3. The van der Waals surface area contributed by atoms with E-state index in [-0.39, 0.29) is 0 Å². The first-order valence-electron chi connectivity index (χ1n) is 9.66. The van der Waals surface area contributed by atoms with E-state index in [1.54, 1.807) is 0 Å². The van der Waals surface area contributed by atoms with Crippen molar-refractivity contribution in [2.24, 2.45) is 5.18 Å². The van der Waals surface area contributed by atoms with Crippen molar-refractivity contribution in [3.05, 3.63) is 52.9 Å². The SMILES string of the molecule is CCN(c1cc(-c2cccc(CN(C)CCNC)c2)ccc1N=O)C(C)C. The number of nitroso groups, excluding NO2 is 1. The first-order chi connectivity index (χ1) is 13.0. The maximum Gasteiger partial charge on any atom is 0.131 e. The Balaban J connectivity index is 2.32. The molecule has 0 bridgehead atoms. The van der Waals surface area contributed by atoms with Gasteiger partial charge in [0.2, 0.25) is 0 Å². The number of benzene rings is 2. The lowest BCUT2D eigenvalue weighted by Gasteiger charge is -2.28. The summed E-state index contributed by atoms with van der Waals surface area (Å²) in [5.74, 6) is 0. The van der Waals surface area contributed by atoms with Crippen molar-refractivity contribution in [2.45, 2.75) is 33.4 Å². The Hall–Kier alpha value is -2.24. The van der Waals surface area contributed by atoms with Crippen LogP contribution < -0.4 is 10.2 Å². The molecule has 27 heavy (non-hydrogen) atoms. The molecule has 146 valence electrons. The van der Waals surface area contributed by atoms with Crippen LogP contribution in [0.3, 0.4) is 0 Å². The summed E-state index contributed by atoms with van der Waals surface area (Å²) in [7, 11) is 4.11. The summed E-state index contributed by atoms with van der Waals surface area (Å²) in [6.45, 7) is 10.1. The maximum absolute atomic E-state index is 11.3. The Morgan fingerprint density at radius 1 is 1.11 bits per heavy atom. The van der Waals surface area contributed by atoms with Crippen LogP contribution in [-0.4, -0.2) is 44.7 Å². The summed E-state index contributed by atoms with van der Waals surface area (Å²) in [5, 5.41) is 6.42. The number of likely N-dealkylation sites (N-methyl/N-ethyl adjacent to an activating group) is 2. The molecule has 0 saturated heterocycles. The zero-order valence-corrected chi connectivity index (χ0v) is 17.2. The smallest absolute Gasteiger partial charge is 0.131 e. The lowest BCUT2D eigenvalue weighted by atomic mass is 10.0. The number of rotatable bonds is 10. The molecule has 1 N–H and O–H groups in total. The van der Waals surface area contributed by atoms with Gasteiger partial charge in [0, 0.05) is 32.2 Å². The predicted molar refractivity (Wildman–Crippen MR) is 116 cm³/mol. The number of nitrogens with one attached hydrogen (secondary N) is 1. The summed E-state index contributed by atoms with van der Waals surface area (Å²) < 4.78 is 0. The van der Waals surface area contributed by atoms with Gasteiger partial charge in [0.25, 0.3) is 0 Å². The third-order valence-corrected chi connectivity index (χ3v) is 4.80. The lowest BCUT2D eigenvalue weighted by Crippen LogP contribution is -2.30. The molecular weight excluding hydrogens is 336 g/mol. The normalized spacial score (nSPS) is 11.2. The molecule has 5 nitrogen and oxygen atoms in total. The molecule has 0 spiro atoms. The number of anilines is 1. The van der Waals surface area contributed by atoms with Gasteiger partial charge in [0.1, 0.15) is 5.69 Å². The van der Waals surface area contributed by atoms with E-state index in [0.29, 0.717) is 11.7 Å². The zero-order chi connectivity index (χ0) is 19.8. The Morgan fingerprint density at radius 3 is 2.48 bits per heavy atom. The highest BCUT2D eigenvalue weighted by Gasteiger charge is 2.15. The fourth-order valence-electron chi connectivity index (χ4n) is 3.37. The molecule has 0 amide bonds. The van der Waals surface area contributed by atoms with E-state index < -0.39 is 0 Å². The molecule has 0 unspecified atom stereocenters. The molecule has 0 atom stereocenters. The van der Waals surface area contributed by atoms with Gasteiger partial charge in [-0.3, -0.25) is 0 Å². The van der Waals surface area contributed by atoms with Gasteiger partial charge >= 0.3 is 0 Å². The predicted octanol–water partition coefficient (Wildman–Crippen LogP) is 4.64. The van der Waals surface area contributed by atoms with Crippen LogP contribution in [0.15, 0.2) is 47.6 Å². The summed E-state index contributed by atoms with van der Waals surface area (Å²) in [6, 6.07) is 14.8. The monoisotopic (exact) mass is 368 g/mol. The van der Waals surface area contributed by atoms with Crippen molar-refractivity contribution in [3.8, 4) is 11.1 Å². The number of hydrogen-bond donors (Lipinski definition) is 1. The molecule has 0 aromatic heterocycles. The fourth-order valence-corrected chi connectivity index (χ4v) is 3.37. The molecule has 2 aromatic carbocycles. The highest BCUT2D eigenvalue weighted by molar-refractivity contribution is 5.77. The minimum Gasteiger partial charge on any atom is -0.368 e. The van der Waals surface area contributed by atoms with Gasteiger partial charge in [0.05, 0.1) is 5.69 Å². The van der Waals surface area contributed by atoms with Gasteiger partial charge in [-0.1, -0.05) is 24.3 Å². The van der Waals surface area contributed by atoms with Crippen LogP contribution in [0.1, 0.15) is 26.3 Å². The molecule has 0 aliphatic heterocycles. The minimum atomic E-state index is 0.304. The minimum absolute atomic E-state index is 0.304. The van der Waals surface area contributed by atoms with Crippen LogP contribution in [0.4, 0.5) is 11.4 Å². The van der Waals surface area contributed by atoms with Gasteiger partial charge in [-0.25, -0.2) is 0 Å². The van der Waals surface area contributed by atoms with Crippen LogP contribution in [0.25, 0.3) is 11.1 Å². The third kappa shape index (κ3) is 5.62. The third-order valence-electron chi connectivity index (χ3n) is 4.80. The molecule has 0 saturated carbocycles. The van der Waals surface area contributed by atoms with Gasteiger partial charge < -0.3 is 15.1 Å². The van der Waals surface area contributed by atoms with E-state index in [1.165, 1.54) is 5.56 Å². The van der Waals surface area contributed by atoms with E-state index in [1.807, 2.05) is 19.2 Å². The molecule has 0 radical (unpaired) electrons. The quantitative estimate of drug-likeness (QED) is 0.621. The van der Waals surface area contributed by atoms with E-state index in [0.717, 1.165) is 43.0 Å². The van der Waals surface area contributed by atoms with Gasteiger partial charge in [-0.2, -0.15) is 0 Å². The van der Waals surface area contributed by atoms with Gasteiger partial charge in [-0.15, -0.1) is 4.91 Å². The largest absolute Gasteiger partial charge is 0.368 e. The second kappa shape index (κ2) is 10.2. The van der Waals surface area contributed by atoms with E-state index in [4.69, 9.17) is 0 Å². The standard InChI is InChI=1S/C22H32N4O/c1-6-26(17(2)3)22-15-20(10-11-21(22)24-27)19-9-7-8-18(14-19)16-25(5)13-12-23-4/h7-11,14-15,17,23H,6,12-13,16H2,1-5H3. The number of hydrogen-bond acceptors (Lipinski definition) is 5. The second-order valence-electron chi connectivity index (χ2n) is 7.22. The molecular formula is C22H32N4O. The second-order valence-corrected chi connectivity index (χ2v) is 7.22. The fraction of sp³-hybridized carbons (Fsp3) is 0.455. The van der Waals surface area contributed by atoms with Crippen LogP contribution in [0.2, 0.25) is 0 Å². The van der Waals surface area contributed by atoms with Gasteiger partial charge in [0.15, 0.2) is 0 Å². The topological polar surface area (TPSA) is 47.9 Å². The van der Waals surface area contributed by atoms with Crippen molar-refractivity contribution in [2.75, 3.05) is 38.6 Å². The molecule has 0 aliphatic carbocycles. The van der Waals surface area contributed by atoms with E-state index in [9.17, 15) is 4.91 Å². The average Bonchev–Trinajstić information content (AvgIpc) is 2.66. The van der Waals surface area contributed by atoms with Crippen molar-refractivity contribution < 1.29 is 0 Å². The molecule has 2 aromatic rings. The van der Waals surface area contributed by atoms with E-state index in [2.05, 4.69) is 78.4 Å². The molecule has 2 rings (SSSR count). The summed E-state index contributed by atoms with van der Waals surface area (Å²) >= 11 is 0. The van der Waals surface area contributed by atoms with Crippen LogP contribution in [0.5, 0.6) is 0 Å². The Kier molecular flexibility index (Phi) is 7.95. The van der Waals surface area contributed by atoms with Crippen molar-refractivity contribution in [1.29, 1.82) is 0 Å². The summed E-state index contributed by atoms with van der Waals surface area (Å²) in [6.07, 6.45) is 0. The molecule has 0 fully saturated rings. The Bertz CT molecular complexity index is 745. The highest BCUT2D eigenvalue weighted by atomic mass is 16.3. The van der Waals surface area contributed by atoms with Crippen LogP contribution in [0, 0.1) is 4.91 Å². The van der Waals surface area contributed by atoms with Crippen molar-refractivity contribution in [3.63, 3.8) is 0 Å². The zero-order valence-electron chi connectivity index (χ0n) is 17.2. The van der Waals surface area contributed by atoms with Crippen LogP contribution >= 0.6 is 0 Å². The molecule has 0 aliphatic rings. The first-order valence-corrected chi connectivity index (χ1v) is 9.66. The molecule has 0 heterocycles. The van der Waals surface area contributed by atoms with E-state index >= 15 is 0 Å². The average molecular weight is 369 g/mol. The van der Waals surface area contributed by atoms with Crippen LogP contribution in [-0.2, 0) is 6.54 Å². The highest BCUT2D eigenvalue weighted by Crippen LogP contribution is 2.34. The van der Waals surface area contributed by atoms with Crippen molar-refractivity contribution in [1.82, 2.24) is 10.2 Å². The van der Waals surface area contributed by atoms with Gasteiger partial charge in [-0.05, 0) is 74.9 Å². The molecule has 5 heteroatoms. The first kappa shape index (κ1) is 21.1. The van der Waals surface area contributed by atoms with Crippen molar-refractivity contribution >= 4 is 11.4 Å². The number of nitrogens with zero attached hydrogens (tertiary/aromatic N) is 3. The Labute approximate surface area is 163 Å². The summed E-state index contributed by atoms with van der Waals surface area (Å²) in [5.41, 5.74) is 4.94. The summed E-state index contributed by atoms with van der Waals surface area (Å²) in [4.78, 5) is 15.8. The Morgan fingerprint density at radius 2 is 1.85 bits per heavy atom. The lowest BCUT2D eigenvalue weighted by molar-refractivity contribution is 0.328.